The molecule has 130 valence electrons. The summed E-state index contributed by atoms with van der Waals surface area (Å²) in [6.07, 6.45) is 6.47. The maximum absolute atomic E-state index is 5.43. The second-order valence-electron chi connectivity index (χ2n) is 6.48. The number of methoxy groups -OCH3 is 2. The molecular formula is C20H23N3O2. The highest BCUT2D eigenvalue weighted by Crippen LogP contribution is 2.35. The summed E-state index contributed by atoms with van der Waals surface area (Å²) in [6.45, 7) is 2.15. The lowest BCUT2D eigenvalue weighted by atomic mass is 9.91. The molecule has 1 aliphatic rings. The third kappa shape index (κ3) is 2.96. The molecule has 0 bridgehead atoms. The topological polar surface area (TPSA) is 59.2 Å². The molecule has 2 N–H and O–H groups in total. The number of rotatable bonds is 4. The van der Waals surface area contributed by atoms with Crippen LogP contribution in [0, 0.1) is 0 Å². The number of fused-ring (bicyclic) bond motifs is 1. The minimum absolute atomic E-state index is 0.546. The van der Waals surface area contributed by atoms with Gasteiger partial charge >= 0.3 is 0 Å². The summed E-state index contributed by atoms with van der Waals surface area (Å²) in [5.41, 5.74) is 4.46. The molecule has 1 aliphatic heterocycles. The van der Waals surface area contributed by atoms with Crippen LogP contribution < -0.4 is 14.8 Å². The molecule has 5 nitrogen and oxygen atoms in total. The molecule has 1 saturated heterocycles. The summed E-state index contributed by atoms with van der Waals surface area (Å²) in [7, 11) is 3.30. The molecule has 4 rings (SSSR count). The average molecular weight is 337 g/mol. The van der Waals surface area contributed by atoms with E-state index in [1.807, 2.05) is 24.4 Å². The third-order valence-corrected chi connectivity index (χ3v) is 5.02. The number of piperidine rings is 1. The number of hydrogen-bond donors (Lipinski definition) is 2. The molecule has 1 fully saturated rings. The molecule has 0 radical (unpaired) electrons. The van der Waals surface area contributed by atoms with Crippen LogP contribution in [0.15, 0.2) is 36.7 Å². The number of ether oxygens (including phenoxy) is 2. The fourth-order valence-electron chi connectivity index (χ4n) is 3.65. The maximum atomic E-state index is 5.43. The van der Waals surface area contributed by atoms with Crippen molar-refractivity contribution in [1.29, 1.82) is 0 Å². The Bertz CT molecular complexity index is 882. The van der Waals surface area contributed by atoms with Crippen LogP contribution in [0.5, 0.6) is 11.5 Å². The first-order valence-corrected chi connectivity index (χ1v) is 8.70. The van der Waals surface area contributed by atoms with E-state index >= 15 is 0 Å². The highest BCUT2D eigenvalue weighted by atomic mass is 16.5. The van der Waals surface area contributed by atoms with Crippen LogP contribution >= 0.6 is 0 Å². The second kappa shape index (κ2) is 6.76. The average Bonchev–Trinajstić information content (AvgIpc) is 3.11. The molecule has 5 heteroatoms. The van der Waals surface area contributed by atoms with Crippen molar-refractivity contribution in [3.8, 4) is 22.6 Å². The molecule has 0 saturated carbocycles. The second-order valence-corrected chi connectivity index (χ2v) is 6.48. The molecule has 25 heavy (non-hydrogen) atoms. The monoisotopic (exact) mass is 337 g/mol. The Morgan fingerprint density at radius 3 is 2.72 bits per heavy atom. The zero-order valence-electron chi connectivity index (χ0n) is 14.6. The van der Waals surface area contributed by atoms with E-state index in [1.165, 1.54) is 23.8 Å². The van der Waals surface area contributed by atoms with E-state index in [4.69, 9.17) is 9.47 Å². The number of pyridine rings is 1. The van der Waals surface area contributed by atoms with Gasteiger partial charge in [-0.3, -0.25) is 0 Å². The molecule has 3 heterocycles. The Morgan fingerprint density at radius 1 is 1.08 bits per heavy atom. The smallest absolute Gasteiger partial charge is 0.161 e. The van der Waals surface area contributed by atoms with Crippen molar-refractivity contribution in [2.45, 2.75) is 18.8 Å². The van der Waals surface area contributed by atoms with E-state index in [0.29, 0.717) is 5.92 Å². The van der Waals surface area contributed by atoms with E-state index < -0.39 is 0 Å². The summed E-state index contributed by atoms with van der Waals surface area (Å²) in [5.74, 6) is 2.01. The van der Waals surface area contributed by atoms with Crippen LogP contribution in [-0.2, 0) is 0 Å². The van der Waals surface area contributed by atoms with Gasteiger partial charge in [-0.2, -0.15) is 0 Å². The molecule has 0 aliphatic carbocycles. The molecule has 1 atom stereocenters. The number of aromatic nitrogens is 2. The molecule has 2 aromatic heterocycles. The van der Waals surface area contributed by atoms with E-state index in [-0.39, 0.29) is 0 Å². The van der Waals surface area contributed by atoms with Gasteiger partial charge in [0.1, 0.15) is 5.65 Å². The molecule has 0 amide bonds. The van der Waals surface area contributed by atoms with E-state index in [1.54, 1.807) is 14.2 Å². The van der Waals surface area contributed by atoms with Crippen LogP contribution in [0.1, 0.15) is 24.3 Å². The lowest BCUT2D eigenvalue weighted by molar-refractivity contribution is 0.355. The van der Waals surface area contributed by atoms with Crippen LogP contribution in [0.4, 0.5) is 0 Å². The normalized spacial score (nSPS) is 17.6. The van der Waals surface area contributed by atoms with Gasteiger partial charge in [0.15, 0.2) is 11.5 Å². The molecule has 1 aromatic carbocycles. The van der Waals surface area contributed by atoms with Crippen molar-refractivity contribution in [2.75, 3.05) is 27.3 Å². The number of aromatic amines is 1. The molecular weight excluding hydrogens is 314 g/mol. The summed E-state index contributed by atoms with van der Waals surface area (Å²) < 4.78 is 10.8. The SMILES string of the molecule is COc1ccc(-c2cnc3[nH]cc(C4CCCNC4)c3c2)cc1OC. The molecule has 0 spiro atoms. The van der Waals surface area contributed by atoms with Crippen molar-refractivity contribution in [3.63, 3.8) is 0 Å². The number of H-pyrrole nitrogens is 1. The highest BCUT2D eigenvalue weighted by molar-refractivity contribution is 5.85. The van der Waals surface area contributed by atoms with Gasteiger partial charge in [0.05, 0.1) is 14.2 Å². The predicted octanol–water partition coefficient (Wildman–Crippen LogP) is 3.71. The van der Waals surface area contributed by atoms with Gasteiger partial charge in [-0.15, -0.1) is 0 Å². The van der Waals surface area contributed by atoms with Crippen LogP contribution in [0.3, 0.4) is 0 Å². The van der Waals surface area contributed by atoms with E-state index in [2.05, 4.69) is 27.5 Å². The van der Waals surface area contributed by atoms with E-state index in [0.717, 1.165) is 41.4 Å². The summed E-state index contributed by atoms with van der Waals surface area (Å²) in [4.78, 5) is 7.94. The number of hydrogen-bond acceptors (Lipinski definition) is 4. The van der Waals surface area contributed by atoms with Gasteiger partial charge in [0.25, 0.3) is 0 Å². The molecule has 3 aromatic rings. The fourth-order valence-corrected chi connectivity index (χ4v) is 3.65. The Balaban J connectivity index is 1.75. The quantitative estimate of drug-likeness (QED) is 0.762. The van der Waals surface area contributed by atoms with Gasteiger partial charge < -0.3 is 19.8 Å². The first-order chi connectivity index (χ1) is 12.3. The zero-order valence-corrected chi connectivity index (χ0v) is 14.6. The Labute approximate surface area is 147 Å². The minimum Gasteiger partial charge on any atom is -0.493 e. The largest absolute Gasteiger partial charge is 0.493 e. The molecule has 1 unspecified atom stereocenters. The van der Waals surface area contributed by atoms with E-state index in [9.17, 15) is 0 Å². The van der Waals surface area contributed by atoms with Gasteiger partial charge in [-0.25, -0.2) is 4.98 Å². The minimum atomic E-state index is 0.546. The fraction of sp³-hybridized carbons (Fsp3) is 0.350. The van der Waals surface area contributed by atoms with Crippen LogP contribution in [0.25, 0.3) is 22.2 Å². The summed E-state index contributed by atoms with van der Waals surface area (Å²) >= 11 is 0. The number of benzene rings is 1. The summed E-state index contributed by atoms with van der Waals surface area (Å²) in [5, 5.41) is 4.71. The van der Waals surface area contributed by atoms with Crippen molar-refractivity contribution >= 4 is 11.0 Å². The van der Waals surface area contributed by atoms with Crippen LogP contribution in [-0.4, -0.2) is 37.3 Å². The third-order valence-electron chi connectivity index (χ3n) is 5.02. The number of nitrogens with one attached hydrogen (secondary N) is 2. The number of nitrogens with zero attached hydrogens (tertiary/aromatic N) is 1. The van der Waals surface area contributed by atoms with Gasteiger partial charge in [-0.05, 0) is 54.6 Å². The maximum Gasteiger partial charge on any atom is 0.161 e. The highest BCUT2D eigenvalue weighted by Gasteiger charge is 2.19. The predicted molar refractivity (Wildman–Crippen MR) is 99.5 cm³/mol. The first-order valence-electron chi connectivity index (χ1n) is 8.70. The van der Waals surface area contributed by atoms with Crippen molar-refractivity contribution in [2.24, 2.45) is 0 Å². The lowest BCUT2D eigenvalue weighted by Crippen LogP contribution is -2.28. The van der Waals surface area contributed by atoms with Gasteiger partial charge in [-0.1, -0.05) is 6.07 Å². The van der Waals surface area contributed by atoms with Crippen molar-refractivity contribution < 1.29 is 9.47 Å². The van der Waals surface area contributed by atoms with Gasteiger partial charge in [0.2, 0.25) is 0 Å². The standard InChI is InChI=1S/C20H23N3O2/c1-24-18-6-5-13(9-19(18)25-2)15-8-16-17(12-23-20(16)22-11-15)14-4-3-7-21-10-14/h5-6,8-9,11-12,14,21H,3-4,7,10H2,1-2H3,(H,22,23). The van der Waals surface area contributed by atoms with Crippen molar-refractivity contribution in [1.82, 2.24) is 15.3 Å². The Hall–Kier alpha value is -2.53. The van der Waals surface area contributed by atoms with Crippen LogP contribution in [0.2, 0.25) is 0 Å². The summed E-state index contributed by atoms with van der Waals surface area (Å²) in [6, 6.07) is 8.19. The Morgan fingerprint density at radius 2 is 1.96 bits per heavy atom. The van der Waals surface area contributed by atoms with Crippen molar-refractivity contribution in [3.05, 3.63) is 42.2 Å². The van der Waals surface area contributed by atoms with Gasteiger partial charge in [0, 0.05) is 29.9 Å². The first kappa shape index (κ1) is 16.0. The zero-order chi connectivity index (χ0) is 17.2. The Kier molecular flexibility index (Phi) is 4.32. The lowest BCUT2D eigenvalue weighted by Gasteiger charge is -2.22.